The Kier molecular flexibility index (Phi) is 4.08. The van der Waals surface area contributed by atoms with Crippen LogP contribution in [0, 0.1) is 6.92 Å². The Morgan fingerprint density at radius 2 is 1.96 bits per heavy atom. The summed E-state index contributed by atoms with van der Waals surface area (Å²) in [7, 11) is 1.61. The van der Waals surface area contributed by atoms with Gasteiger partial charge in [0.15, 0.2) is 0 Å². The van der Waals surface area contributed by atoms with E-state index in [2.05, 4.69) is 5.10 Å². The largest absolute Gasteiger partial charge is 0.497 e. The summed E-state index contributed by atoms with van der Waals surface area (Å²) in [6, 6.07) is 12.2. The molecule has 26 heavy (non-hydrogen) atoms. The van der Waals surface area contributed by atoms with Crippen molar-refractivity contribution in [2.24, 2.45) is 0 Å². The molecule has 132 valence electrons. The summed E-state index contributed by atoms with van der Waals surface area (Å²) in [6.45, 7) is 2.11. The van der Waals surface area contributed by atoms with Crippen LogP contribution in [0.4, 0.5) is 0 Å². The monoisotopic (exact) mass is 367 g/mol. The molecule has 0 bridgehead atoms. The zero-order chi connectivity index (χ0) is 18.3. The van der Waals surface area contributed by atoms with Crippen LogP contribution in [0.15, 0.2) is 47.8 Å². The normalized spacial score (nSPS) is 16.7. The summed E-state index contributed by atoms with van der Waals surface area (Å²) in [6.07, 6.45) is 0. The number of methoxy groups -OCH3 is 1. The maximum Gasteiger partial charge on any atom is 0.275 e. The average molecular weight is 367 g/mol. The fraction of sp³-hybridized carbons (Fsp3) is 0.211. The van der Waals surface area contributed by atoms with Gasteiger partial charge in [0.25, 0.3) is 11.8 Å². The van der Waals surface area contributed by atoms with E-state index in [0.717, 1.165) is 16.2 Å². The first-order valence-electron chi connectivity index (χ1n) is 8.16. The number of hydrogen-bond donors (Lipinski definition) is 0. The van der Waals surface area contributed by atoms with E-state index in [9.17, 15) is 9.59 Å². The first-order chi connectivity index (χ1) is 12.6. The zero-order valence-electron chi connectivity index (χ0n) is 14.4. The molecule has 0 saturated carbocycles. The fourth-order valence-electron chi connectivity index (χ4n) is 3.15. The summed E-state index contributed by atoms with van der Waals surface area (Å²) in [5.41, 5.74) is 1.89. The molecule has 1 aliphatic heterocycles. The van der Waals surface area contributed by atoms with Crippen molar-refractivity contribution < 1.29 is 14.3 Å². The maximum absolute atomic E-state index is 13.1. The van der Waals surface area contributed by atoms with Gasteiger partial charge in [-0.2, -0.15) is 9.78 Å². The van der Waals surface area contributed by atoms with Gasteiger partial charge < -0.3 is 9.64 Å². The lowest BCUT2D eigenvalue weighted by Gasteiger charge is -2.34. The minimum absolute atomic E-state index is 0.195. The highest BCUT2D eigenvalue weighted by Gasteiger charge is 2.41. The molecule has 6 nitrogen and oxygen atoms in total. The van der Waals surface area contributed by atoms with E-state index >= 15 is 0 Å². The molecule has 4 rings (SSSR count). The van der Waals surface area contributed by atoms with Crippen LogP contribution in [-0.4, -0.2) is 33.6 Å². The molecule has 3 aromatic rings. The molecule has 7 heteroatoms. The lowest BCUT2D eigenvalue weighted by Crippen LogP contribution is -2.46. The van der Waals surface area contributed by atoms with Crippen LogP contribution in [0.1, 0.15) is 37.5 Å². The molecule has 3 heterocycles. The first kappa shape index (κ1) is 16.5. The van der Waals surface area contributed by atoms with Crippen molar-refractivity contribution >= 4 is 23.2 Å². The van der Waals surface area contributed by atoms with Gasteiger partial charge >= 0.3 is 0 Å². The summed E-state index contributed by atoms with van der Waals surface area (Å²) < 4.78 is 6.42. The molecular formula is C19H17N3O3S. The van der Waals surface area contributed by atoms with E-state index in [1.165, 1.54) is 16.0 Å². The number of carbonyl (C=O) groups is 2. The Morgan fingerprint density at radius 3 is 2.62 bits per heavy atom. The van der Waals surface area contributed by atoms with Crippen molar-refractivity contribution in [2.45, 2.75) is 19.5 Å². The van der Waals surface area contributed by atoms with Crippen LogP contribution in [-0.2, 0) is 6.54 Å². The van der Waals surface area contributed by atoms with Crippen molar-refractivity contribution in [2.75, 3.05) is 7.11 Å². The fourth-order valence-corrected chi connectivity index (χ4v) is 3.97. The number of thiophene rings is 1. The zero-order valence-corrected chi connectivity index (χ0v) is 15.2. The first-order valence-corrected chi connectivity index (χ1v) is 9.04. The summed E-state index contributed by atoms with van der Waals surface area (Å²) >= 11 is 1.46. The number of rotatable bonds is 4. The van der Waals surface area contributed by atoms with E-state index in [0.29, 0.717) is 17.9 Å². The molecular weight excluding hydrogens is 350 g/mol. The van der Waals surface area contributed by atoms with Gasteiger partial charge in [-0.1, -0.05) is 18.2 Å². The number of carbonyl (C=O) groups excluding carboxylic acids is 2. The van der Waals surface area contributed by atoms with Crippen LogP contribution in [0.2, 0.25) is 0 Å². The molecule has 0 radical (unpaired) electrons. The molecule has 1 amide bonds. The quantitative estimate of drug-likeness (QED) is 0.710. The lowest BCUT2D eigenvalue weighted by molar-refractivity contribution is 0.0476. The molecule has 0 fully saturated rings. The molecule has 0 aliphatic carbocycles. The van der Waals surface area contributed by atoms with E-state index in [4.69, 9.17) is 4.74 Å². The number of benzene rings is 1. The standard InChI is InChI=1S/C19H17N3O3S/c1-12-10-15-18(23)21(11-13-5-7-14(25-2)8-6-13)17(16-4-3-9-26-16)19(24)22(15)20-12/h3-10,17H,11H2,1-2H3. The highest BCUT2D eigenvalue weighted by Crippen LogP contribution is 2.33. The number of amides is 1. The van der Waals surface area contributed by atoms with Crippen LogP contribution in [0.25, 0.3) is 0 Å². The summed E-state index contributed by atoms with van der Waals surface area (Å²) in [4.78, 5) is 28.6. The van der Waals surface area contributed by atoms with Gasteiger partial charge in [0, 0.05) is 11.4 Å². The SMILES string of the molecule is COc1ccc(CN2C(=O)c3cc(C)nn3C(=O)C2c2cccs2)cc1. The smallest absolute Gasteiger partial charge is 0.275 e. The average Bonchev–Trinajstić information content (AvgIpc) is 3.30. The highest BCUT2D eigenvalue weighted by molar-refractivity contribution is 7.10. The number of fused-ring (bicyclic) bond motifs is 1. The van der Waals surface area contributed by atoms with Crippen molar-refractivity contribution in [3.63, 3.8) is 0 Å². The summed E-state index contributed by atoms with van der Waals surface area (Å²) in [5, 5.41) is 6.12. The van der Waals surface area contributed by atoms with Crippen molar-refractivity contribution in [3.8, 4) is 5.75 Å². The van der Waals surface area contributed by atoms with Gasteiger partial charge in [0.2, 0.25) is 0 Å². The van der Waals surface area contributed by atoms with E-state index < -0.39 is 6.04 Å². The third-order valence-electron chi connectivity index (χ3n) is 4.39. The number of aryl methyl sites for hydroxylation is 1. The Morgan fingerprint density at radius 1 is 1.19 bits per heavy atom. The van der Waals surface area contributed by atoms with Gasteiger partial charge in [0.1, 0.15) is 17.5 Å². The topological polar surface area (TPSA) is 64.4 Å². The molecule has 1 aromatic carbocycles. The van der Waals surface area contributed by atoms with Crippen LogP contribution < -0.4 is 4.74 Å². The maximum atomic E-state index is 13.1. The van der Waals surface area contributed by atoms with Crippen LogP contribution >= 0.6 is 11.3 Å². The summed E-state index contributed by atoms with van der Waals surface area (Å²) in [5.74, 6) is 0.349. The molecule has 0 saturated heterocycles. The predicted molar refractivity (Wildman–Crippen MR) is 97.5 cm³/mol. The minimum atomic E-state index is -0.670. The molecule has 0 N–H and O–H groups in total. The Bertz CT molecular complexity index is 961. The van der Waals surface area contributed by atoms with Crippen molar-refractivity contribution in [1.29, 1.82) is 0 Å². The third kappa shape index (κ3) is 2.70. The lowest BCUT2D eigenvalue weighted by atomic mass is 10.1. The van der Waals surface area contributed by atoms with Gasteiger partial charge in [0.05, 0.1) is 12.8 Å². The van der Waals surface area contributed by atoms with Gasteiger partial charge in [-0.25, -0.2) is 0 Å². The van der Waals surface area contributed by atoms with Crippen LogP contribution in [0.3, 0.4) is 0 Å². The number of nitrogens with zero attached hydrogens (tertiary/aromatic N) is 3. The van der Waals surface area contributed by atoms with Crippen LogP contribution in [0.5, 0.6) is 5.75 Å². The Balaban J connectivity index is 1.76. The van der Waals surface area contributed by atoms with E-state index in [-0.39, 0.29) is 11.8 Å². The molecule has 1 unspecified atom stereocenters. The molecule has 2 aromatic heterocycles. The van der Waals surface area contributed by atoms with E-state index in [1.54, 1.807) is 25.0 Å². The van der Waals surface area contributed by atoms with Gasteiger partial charge in [-0.3, -0.25) is 9.59 Å². The Hall–Kier alpha value is -2.93. The second kappa shape index (κ2) is 6.42. The number of aromatic nitrogens is 2. The predicted octanol–water partition coefficient (Wildman–Crippen LogP) is 3.30. The number of ether oxygens (including phenoxy) is 1. The third-order valence-corrected chi connectivity index (χ3v) is 5.32. The van der Waals surface area contributed by atoms with Crippen molar-refractivity contribution in [1.82, 2.24) is 14.7 Å². The van der Waals surface area contributed by atoms with Crippen molar-refractivity contribution in [3.05, 3.63) is 69.7 Å². The highest BCUT2D eigenvalue weighted by atomic mass is 32.1. The van der Waals surface area contributed by atoms with E-state index in [1.807, 2.05) is 41.8 Å². The molecule has 0 spiro atoms. The van der Waals surface area contributed by atoms with Gasteiger partial charge in [-0.05, 0) is 42.1 Å². The second-order valence-corrected chi connectivity index (χ2v) is 7.10. The Labute approximate surface area is 154 Å². The molecule has 1 atom stereocenters. The minimum Gasteiger partial charge on any atom is -0.497 e. The van der Waals surface area contributed by atoms with Gasteiger partial charge in [-0.15, -0.1) is 11.3 Å². The molecule has 1 aliphatic rings. The second-order valence-electron chi connectivity index (χ2n) is 6.12. The number of hydrogen-bond acceptors (Lipinski definition) is 5.